The number of ketones is 2. The summed E-state index contributed by atoms with van der Waals surface area (Å²) < 4.78 is 0. The van der Waals surface area contributed by atoms with Crippen LogP contribution in [0.1, 0.15) is 31.8 Å². The minimum Gasteiger partial charge on any atom is -0.508 e. The summed E-state index contributed by atoms with van der Waals surface area (Å²) in [7, 11) is 0. The lowest BCUT2D eigenvalue weighted by Crippen LogP contribution is -2.05. The lowest BCUT2D eigenvalue weighted by atomic mass is 9.87. The molecule has 36 heavy (non-hydrogen) atoms. The van der Waals surface area contributed by atoms with Crippen LogP contribution in [-0.2, 0) is 12.8 Å². The monoisotopic (exact) mass is 470 g/mol. The summed E-state index contributed by atoms with van der Waals surface area (Å²) in [6.45, 7) is 0. The van der Waals surface area contributed by atoms with Crippen molar-refractivity contribution in [3.8, 4) is 11.5 Å². The van der Waals surface area contributed by atoms with E-state index in [-0.39, 0.29) is 35.9 Å². The second kappa shape index (κ2) is 8.51. The summed E-state index contributed by atoms with van der Waals surface area (Å²) in [5.74, 6) is 0.249. The van der Waals surface area contributed by atoms with Crippen molar-refractivity contribution in [3.63, 3.8) is 0 Å². The molecule has 0 heterocycles. The predicted molar refractivity (Wildman–Crippen MR) is 142 cm³/mol. The molecule has 0 atom stereocenters. The second-order valence-electron chi connectivity index (χ2n) is 9.17. The zero-order valence-electron chi connectivity index (χ0n) is 19.4. The number of phenols is 2. The molecule has 0 spiro atoms. The van der Waals surface area contributed by atoms with Crippen molar-refractivity contribution in [2.24, 2.45) is 0 Å². The van der Waals surface area contributed by atoms with E-state index < -0.39 is 0 Å². The lowest BCUT2D eigenvalue weighted by Gasteiger charge is -2.16. The number of hydrogen-bond acceptors (Lipinski definition) is 4. The molecule has 0 amide bonds. The van der Waals surface area contributed by atoms with Gasteiger partial charge in [0.25, 0.3) is 0 Å². The number of Topliss-reactive ketones (excluding diaryl/α,β-unsaturated/α-hetero) is 2. The van der Waals surface area contributed by atoms with Crippen molar-refractivity contribution in [2.45, 2.75) is 12.8 Å². The third-order valence-electron chi connectivity index (χ3n) is 6.93. The highest BCUT2D eigenvalue weighted by atomic mass is 16.3. The standard InChI is InChI=1S/C32H22O4/c33-25-11-7-19(8-12-25)29(35)17-23-5-3-21-1-2-22-4-6-24(28-16-15-27(23)31(21)32(22)28)18-30(36)20-9-13-26(34)14-10-20/h1-16,33-34H,17-18H2. The van der Waals surface area contributed by atoms with Gasteiger partial charge in [-0.25, -0.2) is 0 Å². The number of aromatic hydroxyl groups is 2. The van der Waals surface area contributed by atoms with Crippen LogP contribution in [0.3, 0.4) is 0 Å². The quantitative estimate of drug-likeness (QED) is 0.206. The Balaban J connectivity index is 1.44. The fourth-order valence-corrected chi connectivity index (χ4v) is 5.07. The summed E-state index contributed by atoms with van der Waals surface area (Å²) in [6.07, 6.45) is 0.510. The van der Waals surface area contributed by atoms with Crippen LogP contribution < -0.4 is 0 Å². The minimum absolute atomic E-state index is 0.00906. The number of carbonyl (C=O) groups is 2. The Hall–Kier alpha value is -4.70. The highest BCUT2D eigenvalue weighted by Crippen LogP contribution is 2.38. The molecule has 0 aliphatic carbocycles. The molecule has 4 nitrogen and oxygen atoms in total. The molecule has 0 aliphatic rings. The van der Waals surface area contributed by atoms with Gasteiger partial charge in [0, 0.05) is 24.0 Å². The topological polar surface area (TPSA) is 74.6 Å². The van der Waals surface area contributed by atoms with E-state index in [0.717, 1.165) is 43.4 Å². The van der Waals surface area contributed by atoms with E-state index in [1.54, 1.807) is 24.3 Å². The number of benzene rings is 6. The Morgan fingerprint density at radius 1 is 0.472 bits per heavy atom. The molecule has 0 unspecified atom stereocenters. The smallest absolute Gasteiger partial charge is 0.167 e. The fourth-order valence-electron chi connectivity index (χ4n) is 5.07. The van der Waals surface area contributed by atoms with E-state index in [1.165, 1.54) is 24.3 Å². The maximum Gasteiger partial charge on any atom is 0.167 e. The van der Waals surface area contributed by atoms with Crippen LogP contribution in [0.5, 0.6) is 11.5 Å². The van der Waals surface area contributed by atoms with Crippen LogP contribution in [0.15, 0.2) is 97.1 Å². The molecule has 0 bridgehead atoms. The van der Waals surface area contributed by atoms with E-state index in [2.05, 4.69) is 36.4 Å². The Bertz CT molecular complexity index is 1630. The van der Waals surface area contributed by atoms with Gasteiger partial charge >= 0.3 is 0 Å². The van der Waals surface area contributed by atoms with Gasteiger partial charge in [-0.1, -0.05) is 48.5 Å². The molecule has 6 rings (SSSR count). The second-order valence-corrected chi connectivity index (χ2v) is 9.17. The van der Waals surface area contributed by atoms with E-state index in [1.807, 2.05) is 12.1 Å². The molecule has 0 aliphatic heterocycles. The first-order chi connectivity index (χ1) is 17.5. The molecule has 4 heteroatoms. The molecule has 0 radical (unpaired) electrons. The molecule has 0 fully saturated rings. The Morgan fingerprint density at radius 3 is 1.22 bits per heavy atom. The highest BCUT2D eigenvalue weighted by Gasteiger charge is 2.17. The van der Waals surface area contributed by atoms with Crippen molar-refractivity contribution < 1.29 is 19.8 Å². The zero-order valence-corrected chi connectivity index (χ0v) is 19.4. The first kappa shape index (κ1) is 21.8. The third kappa shape index (κ3) is 3.73. The summed E-state index contributed by atoms with van der Waals surface area (Å²) in [4.78, 5) is 26.0. The molecule has 2 N–H and O–H groups in total. The molecule has 174 valence electrons. The normalized spacial score (nSPS) is 11.4. The molecule has 6 aromatic rings. The highest BCUT2D eigenvalue weighted by molar-refractivity contribution is 6.24. The van der Waals surface area contributed by atoms with E-state index in [0.29, 0.717) is 11.1 Å². The van der Waals surface area contributed by atoms with Gasteiger partial charge in [0.1, 0.15) is 11.5 Å². The molecule has 6 aromatic carbocycles. The number of phenolic OH excluding ortho intramolecular Hbond substituents is 2. The van der Waals surface area contributed by atoms with E-state index >= 15 is 0 Å². The first-order valence-electron chi connectivity index (χ1n) is 11.8. The molecular weight excluding hydrogens is 448 g/mol. The van der Waals surface area contributed by atoms with Crippen molar-refractivity contribution in [1.29, 1.82) is 0 Å². The van der Waals surface area contributed by atoms with Gasteiger partial charge in [-0.05, 0) is 92.0 Å². The van der Waals surface area contributed by atoms with Crippen LogP contribution in [0, 0.1) is 0 Å². The molecular formula is C32H22O4. The van der Waals surface area contributed by atoms with Crippen molar-refractivity contribution in [2.75, 3.05) is 0 Å². The van der Waals surface area contributed by atoms with Gasteiger partial charge in [-0.3, -0.25) is 9.59 Å². The van der Waals surface area contributed by atoms with Crippen molar-refractivity contribution in [3.05, 3.63) is 119 Å². The van der Waals surface area contributed by atoms with Crippen molar-refractivity contribution >= 4 is 43.9 Å². The summed E-state index contributed by atoms with van der Waals surface area (Å²) in [5, 5.41) is 25.5. The number of rotatable bonds is 6. The maximum atomic E-state index is 13.0. The largest absolute Gasteiger partial charge is 0.508 e. The fraction of sp³-hybridized carbons (Fsp3) is 0.0625. The first-order valence-corrected chi connectivity index (χ1v) is 11.8. The summed E-state index contributed by atoms with van der Waals surface area (Å²) >= 11 is 0. The molecule has 0 saturated carbocycles. The van der Waals surface area contributed by atoms with Gasteiger partial charge in [0.05, 0.1) is 0 Å². The van der Waals surface area contributed by atoms with Crippen LogP contribution in [-0.4, -0.2) is 21.8 Å². The van der Waals surface area contributed by atoms with Crippen LogP contribution in [0.2, 0.25) is 0 Å². The predicted octanol–water partition coefficient (Wildman–Crippen LogP) is 6.85. The van der Waals surface area contributed by atoms with Gasteiger partial charge in [-0.2, -0.15) is 0 Å². The van der Waals surface area contributed by atoms with E-state index in [4.69, 9.17) is 0 Å². The zero-order chi connectivity index (χ0) is 24.8. The van der Waals surface area contributed by atoms with Gasteiger partial charge in [0.2, 0.25) is 0 Å². The maximum absolute atomic E-state index is 13.0. The SMILES string of the molecule is O=C(Cc1ccc2ccc3ccc(CC(=O)c4ccc(O)cc4)c4ccc1c2c34)c1ccc(O)cc1. The molecule has 0 saturated heterocycles. The average Bonchev–Trinajstić information content (AvgIpc) is 2.89. The van der Waals surface area contributed by atoms with Crippen LogP contribution in [0.25, 0.3) is 32.3 Å². The van der Waals surface area contributed by atoms with E-state index in [9.17, 15) is 19.8 Å². The summed E-state index contributed by atoms with van der Waals surface area (Å²) in [5.41, 5.74) is 3.02. The van der Waals surface area contributed by atoms with Gasteiger partial charge < -0.3 is 10.2 Å². The summed E-state index contributed by atoms with van der Waals surface area (Å²) in [6, 6.07) is 29.1. The molecule has 0 aromatic heterocycles. The number of hydrogen-bond donors (Lipinski definition) is 2. The third-order valence-corrected chi connectivity index (χ3v) is 6.93. The Kier molecular flexibility index (Phi) is 5.15. The Labute approximate surface area is 207 Å². The van der Waals surface area contributed by atoms with Gasteiger partial charge in [-0.15, -0.1) is 0 Å². The van der Waals surface area contributed by atoms with Gasteiger partial charge in [0.15, 0.2) is 11.6 Å². The number of carbonyl (C=O) groups excluding carboxylic acids is 2. The van der Waals surface area contributed by atoms with Crippen LogP contribution in [0.4, 0.5) is 0 Å². The minimum atomic E-state index is -0.00906. The average molecular weight is 471 g/mol. The van der Waals surface area contributed by atoms with Crippen molar-refractivity contribution in [1.82, 2.24) is 0 Å². The van der Waals surface area contributed by atoms with Crippen LogP contribution >= 0.6 is 0 Å². The lowest BCUT2D eigenvalue weighted by molar-refractivity contribution is 0.0985. The Morgan fingerprint density at radius 2 is 0.833 bits per heavy atom.